The Labute approximate surface area is 160 Å². The Kier molecular flexibility index (Phi) is 11.0. The van der Waals surface area contributed by atoms with Gasteiger partial charge in [-0.15, -0.1) is 0 Å². The second-order valence-corrected chi connectivity index (χ2v) is 7.59. The third-order valence-electron chi connectivity index (χ3n) is 5.53. The van der Waals surface area contributed by atoms with Crippen LogP contribution in [0.3, 0.4) is 0 Å². The molecule has 152 valence electrons. The van der Waals surface area contributed by atoms with Gasteiger partial charge in [0.15, 0.2) is 5.96 Å². The normalized spacial score (nSPS) is 21.5. The van der Waals surface area contributed by atoms with Crippen molar-refractivity contribution in [3.05, 3.63) is 0 Å². The minimum Gasteiger partial charge on any atom is -0.385 e. The minimum absolute atomic E-state index is 0.469. The fraction of sp³-hybridized carbons (Fsp3) is 0.950. The van der Waals surface area contributed by atoms with Crippen LogP contribution in [0.5, 0.6) is 0 Å². The molecule has 0 aromatic carbocycles. The van der Waals surface area contributed by atoms with Crippen molar-refractivity contribution in [2.45, 2.75) is 69.9 Å². The van der Waals surface area contributed by atoms with Gasteiger partial charge in [-0.05, 0) is 32.1 Å². The van der Waals surface area contributed by atoms with Crippen molar-refractivity contribution in [3.8, 4) is 0 Å². The zero-order valence-electron chi connectivity index (χ0n) is 17.0. The second kappa shape index (κ2) is 13.3. The Hall–Kier alpha value is -0.850. The number of rotatable bonds is 9. The number of guanidine groups is 1. The number of methoxy groups -OCH3 is 1. The zero-order valence-corrected chi connectivity index (χ0v) is 17.0. The highest BCUT2D eigenvalue weighted by molar-refractivity contribution is 5.79. The van der Waals surface area contributed by atoms with E-state index in [1.807, 2.05) is 7.05 Å². The molecule has 1 saturated carbocycles. The van der Waals surface area contributed by atoms with Crippen molar-refractivity contribution in [2.75, 3.05) is 53.6 Å². The summed E-state index contributed by atoms with van der Waals surface area (Å²) in [4.78, 5) is 6.91. The third-order valence-corrected chi connectivity index (χ3v) is 5.53. The molecule has 6 nitrogen and oxygen atoms in total. The largest absolute Gasteiger partial charge is 0.385 e. The average molecular weight is 369 g/mol. The van der Waals surface area contributed by atoms with E-state index in [0.717, 1.165) is 51.8 Å². The van der Waals surface area contributed by atoms with Crippen LogP contribution < -0.4 is 10.6 Å². The van der Waals surface area contributed by atoms with E-state index < -0.39 is 0 Å². The van der Waals surface area contributed by atoms with Crippen LogP contribution in [0.1, 0.15) is 57.8 Å². The van der Waals surface area contributed by atoms with Crippen molar-refractivity contribution in [2.24, 2.45) is 4.99 Å². The summed E-state index contributed by atoms with van der Waals surface area (Å²) in [5, 5.41) is 6.98. The lowest BCUT2D eigenvalue weighted by Crippen LogP contribution is -2.49. The predicted molar refractivity (Wildman–Crippen MR) is 108 cm³/mol. The van der Waals surface area contributed by atoms with Crippen LogP contribution in [0.4, 0.5) is 0 Å². The Morgan fingerprint density at radius 3 is 2.42 bits per heavy atom. The highest BCUT2D eigenvalue weighted by Gasteiger charge is 2.19. The summed E-state index contributed by atoms with van der Waals surface area (Å²) in [5.41, 5.74) is 0. The second-order valence-electron chi connectivity index (χ2n) is 7.59. The molecule has 6 heteroatoms. The molecular weight excluding hydrogens is 328 g/mol. The monoisotopic (exact) mass is 368 g/mol. The topological polar surface area (TPSA) is 58.1 Å². The maximum atomic E-state index is 6.05. The Balaban J connectivity index is 1.55. The quantitative estimate of drug-likeness (QED) is 0.283. The van der Waals surface area contributed by atoms with Crippen LogP contribution in [0.25, 0.3) is 0 Å². The Morgan fingerprint density at radius 2 is 1.77 bits per heavy atom. The molecule has 1 heterocycles. The number of piperidine rings is 1. The summed E-state index contributed by atoms with van der Waals surface area (Å²) in [7, 11) is 3.62. The number of aliphatic imine (C=N–C) groups is 1. The summed E-state index contributed by atoms with van der Waals surface area (Å²) in [5.74, 6) is 0.910. The Bertz CT molecular complexity index is 376. The smallest absolute Gasteiger partial charge is 0.191 e. The van der Waals surface area contributed by atoms with Gasteiger partial charge in [-0.25, -0.2) is 0 Å². The molecule has 1 aliphatic heterocycles. The molecule has 2 aliphatic rings. The molecule has 0 aromatic rings. The molecule has 1 aliphatic carbocycles. The van der Waals surface area contributed by atoms with Crippen molar-refractivity contribution in [3.63, 3.8) is 0 Å². The first-order valence-corrected chi connectivity index (χ1v) is 10.6. The van der Waals surface area contributed by atoms with Gasteiger partial charge in [-0.1, -0.05) is 25.7 Å². The lowest BCUT2D eigenvalue weighted by molar-refractivity contribution is 0.0467. The number of likely N-dealkylation sites (tertiary alicyclic amines) is 1. The lowest BCUT2D eigenvalue weighted by atomic mass is 10.1. The number of hydrogen-bond donors (Lipinski definition) is 2. The lowest BCUT2D eigenvalue weighted by Gasteiger charge is -2.33. The van der Waals surface area contributed by atoms with Crippen LogP contribution in [0.15, 0.2) is 4.99 Å². The summed E-state index contributed by atoms with van der Waals surface area (Å²) < 4.78 is 11.2. The zero-order chi connectivity index (χ0) is 18.5. The number of hydrogen-bond acceptors (Lipinski definition) is 4. The molecule has 2 fully saturated rings. The summed E-state index contributed by atoms with van der Waals surface area (Å²) in [6, 6.07) is 0.516. The Morgan fingerprint density at radius 1 is 1.04 bits per heavy atom. The van der Waals surface area contributed by atoms with Gasteiger partial charge in [0.25, 0.3) is 0 Å². The maximum Gasteiger partial charge on any atom is 0.191 e. The molecule has 0 atom stereocenters. The molecule has 0 spiro atoms. The molecule has 1 saturated heterocycles. The molecule has 0 radical (unpaired) electrons. The summed E-state index contributed by atoms with van der Waals surface area (Å²) in [6.45, 7) is 5.91. The molecule has 2 rings (SSSR count). The number of nitrogens with one attached hydrogen (secondary N) is 2. The SMILES string of the molecule is CN=C(NCCOC1CCCCCC1)NC1CCN(CCCOC)CC1. The van der Waals surface area contributed by atoms with Gasteiger partial charge in [0, 0.05) is 53.0 Å². The molecule has 0 unspecified atom stereocenters. The predicted octanol–water partition coefficient (Wildman–Crippen LogP) is 2.39. The highest BCUT2D eigenvalue weighted by Crippen LogP contribution is 2.19. The van der Waals surface area contributed by atoms with E-state index in [-0.39, 0.29) is 0 Å². The van der Waals surface area contributed by atoms with Crippen molar-refractivity contribution < 1.29 is 9.47 Å². The van der Waals surface area contributed by atoms with Gasteiger partial charge < -0.3 is 25.0 Å². The van der Waals surface area contributed by atoms with Crippen LogP contribution in [0, 0.1) is 0 Å². The van der Waals surface area contributed by atoms with E-state index in [2.05, 4.69) is 20.5 Å². The number of ether oxygens (including phenoxy) is 2. The maximum absolute atomic E-state index is 6.05. The van der Waals surface area contributed by atoms with Gasteiger partial charge in [0.1, 0.15) is 0 Å². The van der Waals surface area contributed by atoms with E-state index in [9.17, 15) is 0 Å². The first-order valence-electron chi connectivity index (χ1n) is 10.6. The van der Waals surface area contributed by atoms with Crippen molar-refractivity contribution in [1.82, 2.24) is 15.5 Å². The summed E-state index contributed by atoms with van der Waals surface area (Å²) >= 11 is 0. The first kappa shape index (κ1) is 21.5. The van der Waals surface area contributed by atoms with Crippen molar-refractivity contribution >= 4 is 5.96 Å². The van der Waals surface area contributed by atoms with E-state index in [1.165, 1.54) is 51.4 Å². The van der Waals surface area contributed by atoms with Crippen LogP contribution in [0.2, 0.25) is 0 Å². The van der Waals surface area contributed by atoms with E-state index in [4.69, 9.17) is 9.47 Å². The van der Waals surface area contributed by atoms with Gasteiger partial charge in [0.2, 0.25) is 0 Å². The van der Waals surface area contributed by atoms with E-state index in [0.29, 0.717) is 12.1 Å². The standard InChI is InChI=1S/C20H40N4O2/c1-21-20(22-12-17-26-19-8-5-3-4-6-9-19)23-18-10-14-24(15-11-18)13-7-16-25-2/h18-19H,3-17H2,1-2H3,(H2,21,22,23). The highest BCUT2D eigenvalue weighted by atomic mass is 16.5. The van der Waals surface area contributed by atoms with Crippen LogP contribution in [-0.2, 0) is 9.47 Å². The fourth-order valence-corrected chi connectivity index (χ4v) is 3.92. The van der Waals surface area contributed by atoms with E-state index >= 15 is 0 Å². The van der Waals surface area contributed by atoms with Gasteiger partial charge in [-0.3, -0.25) is 4.99 Å². The fourth-order valence-electron chi connectivity index (χ4n) is 3.92. The number of nitrogens with zero attached hydrogens (tertiary/aromatic N) is 2. The first-order chi connectivity index (χ1) is 12.8. The molecule has 26 heavy (non-hydrogen) atoms. The van der Waals surface area contributed by atoms with Gasteiger partial charge in [0.05, 0.1) is 12.7 Å². The van der Waals surface area contributed by atoms with Crippen LogP contribution >= 0.6 is 0 Å². The molecule has 0 aromatic heterocycles. The minimum atomic E-state index is 0.469. The van der Waals surface area contributed by atoms with Gasteiger partial charge in [-0.2, -0.15) is 0 Å². The van der Waals surface area contributed by atoms with E-state index in [1.54, 1.807) is 7.11 Å². The molecular formula is C20H40N4O2. The summed E-state index contributed by atoms with van der Waals surface area (Å²) in [6.07, 6.45) is 11.8. The molecule has 0 amide bonds. The van der Waals surface area contributed by atoms with Gasteiger partial charge >= 0.3 is 0 Å². The molecule has 0 bridgehead atoms. The van der Waals surface area contributed by atoms with Crippen LogP contribution in [-0.4, -0.2) is 76.6 Å². The average Bonchev–Trinajstić information content (AvgIpc) is 2.94. The van der Waals surface area contributed by atoms with Crippen molar-refractivity contribution in [1.29, 1.82) is 0 Å². The third kappa shape index (κ3) is 8.69. The molecule has 2 N–H and O–H groups in total.